The average molecular weight is 375 g/mol. The van der Waals surface area contributed by atoms with Crippen molar-refractivity contribution in [3.63, 3.8) is 0 Å². The molecule has 2 aromatic carbocycles. The summed E-state index contributed by atoms with van der Waals surface area (Å²) < 4.78 is 7.22. The van der Waals surface area contributed by atoms with Crippen LogP contribution in [0.3, 0.4) is 0 Å². The third-order valence-corrected chi connectivity index (χ3v) is 5.91. The molecule has 1 heterocycles. The van der Waals surface area contributed by atoms with Crippen LogP contribution in [0, 0.1) is 11.8 Å². The number of rotatable bonds is 4. The maximum Gasteiger partial charge on any atom is 0.338 e. The van der Waals surface area contributed by atoms with Gasteiger partial charge in [-0.2, -0.15) is 0 Å². The van der Waals surface area contributed by atoms with Gasteiger partial charge in [-0.05, 0) is 36.0 Å². The highest BCUT2D eigenvalue weighted by Gasteiger charge is 2.34. The summed E-state index contributed by atoms with van der Waals surface area (Å²) in [7, 11) is 1.38. The summed E-state index contributed by atoms with van der Waals surface area (Å²) in [6.07, 6.45) is 1.38. The van der Waals surface area contributed by atoms with Gasteiger partial charge < -0.3 is 9.30 Å². The lowest BCUT2D eigenvalue weighted by molar-refractivity contribution is 0.0603. The van der Waals surface area contributed by atoms with E-state index < -0.39 is 5.97 Å². The maximum absolute atomic E-state index is 13.2. The third-order valence-electron chi connectivity index (χ3n) is 5.91. The Morgan fingerprint density at radius 1 is 1.11 bits per heavy atom. The minimum absolute atomic E-state index is 0.133. The van der Waals surface area contributed by atoms with Crippen molar-refractivity contribution in [3.05, 3.63) is 70.9 Å². The Labute approximate surface area is 165 Å². The first-order valence-electron chi connectivity index (χ1n) is 9.80. The van der Waals surface area contributed by atoms with Gasteiger partial charge in [0, 0.05) is 29.6 Å². The molecule has 0 saturated carbocycles. The smallest absolute Gasteiger partial charge is 0.338 e. The van der Waals surface area contributed by atoms with Crippen LogP contribution in [0.2, 0.25) is 0 Å². The first-order chi connectivity index (χ1) is 13.5. The summed E-state index contributed by atoms with van der Waals surface area (Å²) in [6.45, 7) is 5.02. The molecule has 1 atom stereocenters. The predicted octanol–water partition coefficient (Wildman–Crippen LogP) is 4.88. The van der Waals surface area contributed by atoms with Gasteiger partial charge >= 0.3 is 5.97 Å². The van der Waals surface area contributed by atoms with Crippen LogP contribution in [0.4, 0.5) is 0 Å². The molecule has 144 valence electrons. The molecule has 0 fully saturated rings. The van der Waals surface area contributed by atoms with Gasteiger partial charge in [0.25, 0.3) is 0 Å². The molecule has 1 unspecified atom stereocenters. The van der Waals surface area contributed by atoms with Gasteiger partial charge in [-0.25, -0.2) is 4.79 Å². The van der Waals surface area contributed by atoms with E-state index in [1.807, 2.05) is 30.3 Å². The van der Waals surface area contributed by atoms with Crippen molar-refractivity contribution < 1.29 is 14.3 Å². The molecule has 1 aliphatic rings. The van der Waals surface area contributed by atoms with Crippen molar-refractivity contribution >= 4 is 22.7 Å². The minimum Gasteiger partial charge on any atom is -0.465 e. The fraction of sp³-hybridized carbons (Fsp3) is 0.333. The third kappa shape index (κ3) is 3.03. The Morgan fingerprint density at radius 2 is 1.86 bits per heavy atom. The molecule has 4 heteroatoms. The number of fused-ring (bicyclic) bond motifs is 3. The second kappa shape index (κ2) is 7.27. The van der Waals surface area contributed by atoms with Crippen molar-refractivity contribution in [1.82, 2.24) is 4.57 Å². The Hall–Kier alpha value is -2.88. The van der Waals surface area contributed by atoms with Crippen molar-refractivity contribution in [2.45, 2.75) is 33.2 Å². The van der Waals surface area contributed by atoms with Crippen LogP contribution in [0.25, 0.3) is 10.9 Å². The summed E-state index contributed by atoms with van der Waals surface area (Å²) in [5.41, 5.74) is 4.33. The number of esters is 1. The van der Waals surface area contributed by atoms with Gasteiger partial charge in [0.05, 0.1) is 18.2 Å². The summed E-state index contributed by atoms with van der Waals surface area (Å²) in [4.78, 5) is 25.6. The zero-order chi connectivity index (χ0) is 19.8. The van der Waals surface area contributed by atoms with Crippen molar-refractivity contribution in [3.8, 4) is 0 Å². The molecule has 0 aliphatic heterocycles. The van der Waals surface area contributed by atoms with E-state index in [-0.39, 0.29) is 5.78 Å². The van der Waals surface area contributed by atoms with Gasteiger partial charge in [0.15, 0.2) is 5.78 Å². The van der Waals surface area contributed by atoms with Gasteiger partial charge in [-0.15, -0.1) is 0 Å². The Bertz CT molecular complexity index is 1050. The summed E-state index contributed by atoms with van der Waals surface area (Å²) in [6, 6.07) is 15.8. The van der Waals surface area contributed by atoms with E-state index in [2.05, 4.69) is 30.5 Å². The van der Waals surface area contributed by atoms with Gasteiger partial charge in [-0.1, -0.05) is 50.2 Å². The zero-order valence-electron chi connectivity index (χ0n) is 16.6. The lowest BCUT2D eigenvalue weighted by atomic mass is 9.79. The lowest BCUT2D eigenvalue weighted by Gasteiger charge is -2.26. The number of nitrogens with zero attached hydrogens (tertiary/aromatic N) is 1. The first-order valence-corrected chi connectivity index (χ1v) is 9.80. The SMILES string of the molecule is COC(=O)c1cccc2c1c1c(n2Cc2ccccc2)CC(C(C)C)CC1=O. The lowest BCUT2D eigenvalue weighted by Crippen LogP contribution is -2.25. The normalized spacial score (nSPS) is 16.4. The number of hydrogen-bond donors (Lipinski definition) is 0. The average Bonchev–Trinajstić information content (AvgIpc) is 3.02. The maximum atomic E-state index is 13.2. The summed E-state index contributed by atoms with van der Waals surface area (Å²) in [5.74, 6) is 0.484. The van der Waals surface area contributed by atoms with E-state index >= 15 is 0 Å². The van der Waals surface area contributed by atoms with Crippen molar-refractivity contribution in [2.75, 3.05) is 7.11 Å². The standard InChI is InChI=1S/C24H25NO3/c1-15(2)17-12-20-23(21(26)13-17)22-18(24(27)28-3)10-7-11-19(22)25(20)14-16-8-5-4-6-9-16/h4-11,15,17H,12-14H2,1-3H3. The number of aromatic nitrogens is 1. The number of benzene rings is 2. The number of methoxy groups -OCH3 is 1. The van der Waals surface area contributed by atoms with Crippen LogP contribution >= 0.6 is 0 Å². The predicted molar refractivity (Wildman–Crippen MR) is 110 cm³/mol. The molecule has 4 nitrogen and oxygen atoms in total. The van der Waals surface area contributed by atoms with Crippen LogP contribution in [0.5, 0.6) is 0 Å². The molecule has 1 aliphatic carbocycles. The molecule has 0 bridgehead atoms. The highest BCUT2D eigenvalue weighted by atomic mass is 16.5. The first kappa shape index (κ1) is 18.5. The van der Waals surface area contributed by atoms with Crippen molar-refractivity contribution in [1.29, 1.82) is 0 Å². The minimum atomic E-state index is -0.399. The molecule has 0 spiro atoms. The van der Waals surface area contributed by atoms with Gasteiger partial charge in [0.2, 0.25) is 0 Å². The fourth-order valence-electron chi connectivity index (χ4n) is 4.32. The number of ether oxygens (including phenoxy) is 1. The van der Waals surface area contributed by atoms with Crippen LogP contribution in [-0.2, 0) is 17.7 Å². The topological polar surface area (TPSA) is 48.3 Å². The van der Waals surface area contributed by atoms with Crippen LogP contribution < -0.4 is 0 Å². The molecule has 0 amide bonds. The van der Waals surface area contributed by atoms with Crippen LogP contribution in [-0.4, -0.2) is 23.4 Å². The molecule has 4 rings (SSSR count). The van der Waals surface area contributed by atoms with E-state index in [0.29, 0.717) is 35.9 Å². The number of Topliss-reactive ketones (excluding diaryl/α,β-unsaturated/α-hetero) is 1. The van der Waals surface area contributed by atoms with E-state index in [9.17, 15) is 9.59 Å². The van der Waals surface area contributed by atoms with Crippen LogP contribution in [0.1, 0.15) is 52.2 Å². The highest BCUT2D eigenvalue weighted by Crippen LogP contribution is 2.38. The summed E-state index contributed by atoms with van der Waals surface area (Å²) >= 11 is 0. The number of carbonyl (C=O) groups excluding carboxylic acids is 2. The molecular weight excluding hydrogens is 350 g/mol. The second-order valence-corrected chi connectivity index (χ2v) is 7.92. The second-order valence-electron chi connectivity index (χ2n) is 7.92. The van der Waals surface area contributed by atoms with E-state index in [1.54, 1.807) is 6.07 Å². The van der Waals surface area contributed by atoms with Gasteiger partial charge in [0.1, 0.15) is 0 Å². The molecule has 3 aromatic rings. The number of ketones is 1. The van der Waals surface area contributed by atoms with E-state index in [0.717, 1.165) is 23.0 Å². The Kier molecular flexibility index (Phi) is 4.80. The highest BCUT2D eigenvalue weighted by molar-refractivity contribution is 6.16. The largest absolute Gasteiger partial charge is 0.465 e. The van der Waals surface area contributed by atoms with Crippen molar-refractivity contribution in [2.24, 2.45) is 11.8 Å². The molecule has 0 radical (unpaired) electrons. The zero-order valence-corrected chi connectivity index (χ0v) is 16.6. The summed E-state index contributed by atoms with van der Waals surface area (Å²) in [5, 5.41) is 0.743. The Morgan fingerprint density at radius 3 is 2.54 bits per heavy atom. The fourth-order valence-corrected chi connectivity index (χ4v) is 4.32. The monoisotopic (exact) mass is 375 g/mol. The number of hydrogen-bond acceptors (Lipinski definition) is 3. The molecular formula is C24H25NO3. The van der Waals surface area contributed by atoms with Gasteiger partial charge in [-0.3, -0.25) is 4.79 Å². The quantitative estimate of drug-likeness (QED) is 0.611. The van der Waals surface area contributed by atoms with E-state index in [4.69, 9.17) is 4.74 Å². The van der Waals surface area contributed by atoms with E-state index in [1.165, 1.54) is 12.7 Å². The Balaban J connectivity index is 1.98. The molecule has 28 heavy (non-hydrogen) atoms. The van der Waals surface area contributed by atoms with Crippen LogP contribution in [0.15, 0.2) is 48.5 Å². The number of carbonyl (C=O) groups is 2. The molecule has 1 aromatic heterocycles. The molecule has 0 N–H and O–H groups in total. The molecule has 0 saturated heterocycles.